The van der Waals surface area contributed by atoms with Crippen LogP contribution in [0.3, 0.4) is 0 Å². The Bertz CT molecular complexity index is 906. The molecule has 4 rings (SSSR count). The lowest BCUT2D eigenvalue weighted by Crippen LogP contribution is -2.49. The van der Waals surface area contributed by atoms with Gasteiger partial charge in [0.15, 0.2) is 0 Å². The average molecular weight is 443 g/mol. The first kappa shape index (κ1) is 25.1. The van der Waals surface area contributed by atoms with E-state index in [1.54, 1.807) is 0 Å². The minimum atomic E-state index is 0.158. The largest absolute Gasteiger partial charge is 0.388 e. The fourth-order valence-corrected chi connectivity index (χ4v) is 5.90. The van der Waals surface area contributed by atoms with Crippen LogP contribution in [-0.4, -0.2) is 31.1 Å². The summed E-state index contributed by atoms with van der Waals surface area (Å²) in [5.41, 5.74) is 5.72. The molecule has 1 aliphatic heterocycles. The number of hydrogen-bond donors (Lipinski definition) is 1. The van der Waals surface area contributed by atoms with E-state index in [2.05, 4.69) is 105 Å². The molecule has 4 unspecified atom stereocenters. The molecule has 4 atom stereocenters. The Hall–Kier alpha value is -2.50. The molecule has 0 aromatic heterocycles. The minimum Gasteiger partial charge on any atom is -0.388 e. The number of terminal acetylenes is 1. The number of nitrogens with zero attached hydrogens (tertiary/aromatic N) is 1. The van der Waals surface area contributed by atoms with E-state index in [0.717, 1.165) is 19.4 Å². The number of allylic oxidation sites excluding steroid dienone is 6. The monoisotopic (exact) mass is 442 g/mol. The highest BCUT2D eigenvalue weighted by Crippen LogP contribution is 2.42. The molecule has 2 nitrogen and oxygen atoms in total. The highest BCUT2D eigenvalue weighted by molar-refractivity contribution is 5.64. The zero-order valence-corrected chi connectivity index (χ0v) is 20.9. The summed E-state index contributed by atoms with van der Waals surface area (Å²) < 4.78 is 0. The average Bonchev–Trinajstić information content (AvgIpc) is 3.17. The molecule has 1 heterocycles. The van der Waals surface area contributed by atoms with E-state index in [1.165, 1.54) is 54.6 Å². The van der Waals surface area contributed by atoms with Crippen LogP contribution in [0.25, 0.3) is 6.08 Å². The summed E-state index contributed by atoms with van der Waals surface area (Å²) in [6, 6.07) is 9.54. The Morgan fingerprint density at radius 1 is 1.21 bits per heavy atom. The predicted octanol–water partition coefficient (Wildman–Crippen LogP) is 6.73. The molecule has 3 aliphatic rings. The van der Waals surface area contributed by atoms with E-state index in [0.29, 0.717) is 17.9 Å². The van der Waals surface area contributed by atoms with E-state index >= 15 is 0 Å². The quantitative estimate of drug-likeness (QED) is 0.449. The van der Waals surface area contributed by atoms with Crippen LogP contribution >= 0.6 is 0 Å². The first-order valence-electron chi connectivity index (χ1n) is 12.5. The standard InChI is InChI=1S/C29H40N2.C2H2/c1-22-18-25(20-30-23(2)14-15-24-10-6-5-7-11-24)21-31(4)28(22)19-29(3)17-16-26-12-8-9-13-27(26)29;1-2/h6,8-13,16-17,22,25,28,30H,2,5,7,14-15,18-21H2,1,3-4H3;1-2H. The van der Waals surface area contributed by atoms with Crippen molar-refractivity contribution in [2.75, 3.05) is 20.1 Å². The molecular weight excluding hydrogens is 400 g/mol. The molecule has 0 bridgehead atoms. The maximum absolute atomic E-state index is 4.29. The van der Waals surface area contributed by atoms with Crippen LogP contribution in [-0.2, 0) is 5.41 Å². The second-order valence-electron chi connectivity index (χ2n) is 10.4. The highest BCUT2D eigenvalue weighted by atomic mass is 15.1. The van der Waals surface area contributed by atoms with E-state index in [4.69, 9.17) is 0 Å². The lowest BCUT2D eigenvalue weighted by Gasteiger charge is -2.45. The third-order valence-corrected chi connectivity index (χ3v) is 7.74. The Labute approximate surface area is 202 Å². The molecule has 0 radical (unpaired) electrons. The normalized spacial score (nSPS) is 28.4. The third kappa shape index (κ3) is 6.30. The fourth-order valence-electron chi connectivity index (χ4n) is 5.90. The fraction of sp³-hybridized carbons (Fsp3) is 0.484. The lowest BCUT2D eigenvalue weighted by atomic mass is 9.73. The van der Waals surface area contributed by atoms with E-state index < -0.39 is 0 Å². The lowest BCUT2D eigenvalue weighted by molar-refractivity contribution is 0.0716. The van der Waals surface area contributed by atoms with Crippen LogP contribution in [0.15, 0.2) is 66.4 Å². The minimum absolute atomic E-state index is 0.158. The van der Waals surface area contributed by atoms with Gasteiger partial charge in [0.05, 0.1) is 0 Å². The van der Waals surface area contributed by atoms with Crippen molar-refractivity contribution in [3.63, 3.8) is 0 Å². The molecule has 1 aromatic rings. The number of rotatable bonds is 8. The van der Waals surface area contributed by atoms with Gasteiger partial charge in [-0.3, -0.25) is 0 Å². The predicted molar refractivity (Wildman–Crippen MR) is 144 cm³/mol. The number of nitrogens with one attached hydrogen (secondary N) is 1. The SMILES string of the molecule is C#C.C=C(CCC1=CCCC=C1)NCC1CC(C)C(CC2(C)C=Cc3ccccc32)N(C)C1. The van der Waals surface area contributed by atoms with Crippen molar-refractivity contribution in [1.82, 2.24) is 10.2 Å². The number of likely N-dealkylation sites (tertiary alicyclic amines) is 1. The third-order valence-electron chi connectivity index (χ3n) is 7.74. The summed E-state index contributed by atoms with van der Waals surface area (Å²) in [5.74, 6) is 1.40. The van der Waals surface area contributed by atoms with Gasteiger partial charge in [-0.25, -0.2) is 0 Å². The summed E-state index contributed by atoms with van der Waals surface area (Å²) in [6.45, 7) is 11.4. The number of benzene rings is 1. The smallest absolute Gasteiger partial charge is 0.0184 e. The van der Waals surface area contributed by atoms with Crippen LogP contribution in [0.1, 0.15) is 63.5 Å². The zero-order chi connectivity index (χ0) is 23.8. The van der Waals surface area contributed by atoms with Crippen molar-refractivity contribution >= 4 is 6.08 Å². The van der Waals surface area contributed by atoms with Gasteiger partial charge in [0.25, 0.3) is 0 Å². The second kappa shape index (κ2) is 11.6. The van der Waals surface area contributed by atoms with Gasteiger partial charge in [0.2, 0.25) is 0 Å². The van der Waals surface area contributed by atoms with Gasteiger partial charge in [-0.2, -0.15) is 0 Å². The van der Waals surface area contributed by atoms with Crippen LogP contribution in [0.4, 0.5) is 0 Å². The maximum atomic E-state index is 4.29. The Morgan fingerprint density at radius 2 is 2.00 bits per heavy atom. The van der Waals surface area contributed by atoms with Gasteiger partial charge in [0, 0.05) is 30.2 Å². The summed E-state index contributed by atoms with van der Waals surface area (Å²) in [4.78, 5) is 2.63. The van der Waals surface area contributed by atoms with Gasteiger partial charge in [0.1, 0.15) is 0 Å². The van der Waals surface area contributed by atoms with Gasteiger partial charge in [-0.05, 0) is 68.5 Å². The first-order valence-corrected chi connectivity index (χ1v) is 12.5. The van der Waals surface area contributed by atoms with Gasteiger partial charge >= 0.3 is 0 Å². The molecule has 0 spiro atoms. The number of hydrogen-bond acceptors (Lipinski definition) is 2. The molecule has 2 heteroatoms. The van der Waals surface area contributed by atoms with Crippen molar-refractivity contribution < 1.29 is 0 Å². The molecule has 33 heavy (non-hydrogen) atoms. The van der Waals surface area contributed by atoms with Crippen LogP contribution in [0, 0.1) is 24.7 Å². The van der Waals surface area contributed by atoms with Crippen LogP contribution in [0.2, 0.25) is 0 Å². The molecule has 1 N–H and O–H groups in total. The van der Waals surface area contributed by atoms with Crippen molar-refractivity contribution in [1.29, 1.82) is 0 Å². The Morgan fingerprint density at radius 3 is 2.73 bits per heavy atom. The zero-order valence-electron chi connectivity index (χ0n) is 20.9. The van der Waals surface area contributed by atoms with Crippen molar-refractivity contribution in [3.8, 4) is 12.8 Å². The molecule has 0 amide bonds. The molecular formula is C31H42N2. The van der Waals surface area contributed by atoms with Crippen molar-refractivity contribution in [3.05, 3.63) is 77.5 Å². The molecule has 176 valence electrons. The Kier molecular flexibility index (Phi) is 8.81. The number of piperidine rings is 1. The second-order valence-corrected chi connectivity index (χ2v) is 10.4. The van der Waals surface area contributed by atoms with Gasteiger partial charge in [-0.1, -0.05) is 80.6 Å². The maximum Gasteiger partial charge on any atom is 0.0184 e. The van der Waals surface area contributed by atoms with E-state index in [9.17, 15) is 0 Å². The van der Waals surface area contributed by atoms with Crippen LogP contribution < -0.4 is 5.32 Å². The Balaban J connectivity index is 0.00000149. The van der Waals surface area contributed by atoms with Gasteiger partial charge < -0.3 is 10.2 Å². The first-order chi connectivity index (χ1) is 15.9. The molecule has 2 aliphatic carbocycles. The van der Waals surface area contributed by atoms with E-state index in [-0.39, 0.29) is 5.41 Å². The van der Waals surface area contributed by atoms with Crippen LogP contribution in [0.5, 0.6) is 0 Å². The summed E-state index contributed by atoms with van der Waals surface area (Å²) in [5, 5.41) is 3.66. The molecule has 1 saturated heterocycles. The van der Waals surface area contributed by atoms with Crippen molar-refractivity contribution in [2.24, 2.45) is 11.8 Å². The molecule has 1 fully saturated rings. The summed E-state index contributed by atoms with van der Waals surface area (Å²) >= 11 is 0. The number of fused-ring (bicyclic) bond motifs is 1. The highest BCUT2D eigenvalue weighted by Gasteiger charge is 2.38. The topological polar surface area (TPSA) is 15.3 Å². The molecule has 0 saturated carbocycles. The van der Waals surface area contributed by atoms with Gasteiger partial charge in [-0.15, -0.1) is 12.8 Å². The van der Waals surface area contributed by atoms with Crippen molar-refractivity contribution in [2.45, 2.75) is 63.8 Å². The summed E-state index contributed by atoms with van der Waals surface area (Å²) in [7, 11) is 2.33. The molecule has 1 aromatic carbocycles. The van der Waals surface area contributed by atoms with E-state index in [1.807, 2.05) is 0 Å². The summed E-state index contributed by atoms with van der Waals surface area (Å²) in [6.07, 6.45) is 26.8.